The van der Waals surface area contributed by atoms with E-state index in [-0.39, 0.29) is 5.56 Å². The molecular weight excluding hydrogens is 208 g/mol. The summed E-state index contributed by atoms with van der Waals surface area (Å²) in [6.07, 6.45) is -0.785. The molecular formula is C8H8O7. The van der Waals surface area contributed by atoms with Crippen LogP contribution in [0.3, 0.4) is 0 Å². The van der Waals surface area contributed by atoms with Gasteiger partial charge in [0.15, 0.2) is 6.29 Å². The normalized spacial score (nSPS) is 10.3. The topological polar surface area (TPSA) is 117 Å². The van der Waals surface area contributed by atoms with E-state index in [1.54, 1.807) is 0 Å². The zero-order valence-electron chi connectivity index (χ0n) is 7.41. The summed E-state index contributed by atoms with van der Waals surface area (Å²) in [6.45, 7) is -0.654. The maximum atomic E-state index is 11.1. The van der Waals surface area contributed by atoms with Gasteiger partial charge in [0.2, 0.25) is 5.76 Å². The van der Waals surface area contributed by atoms with Crippen molar-refractivity contribution >= 4 is 11.9 Å². The van der Waals surface area contributed by atoms with Crippen LogP contribution >= 0.6 is 0 Å². The number of aliphatic hydroxyl groups is 2. The maximum absolute atomic E-state index is 11.1. The van der Waals surface area contributed by atoms with Gasteiger partial charge < -0.3 is 24.5 Å². The number of aromatic carboxylic acids is 1. The lowest BCUT2D eigenvalue weighted by Gasteiger charge is -2.04. The standard InChI is InChI=1S/C8H8O7/c9-5(10)3-15-8(13)6-4(7(11)12)1-2-14-6/h1-2,5,9-10H,3H2,(H,11,12). The molecule has 0 saturated heterocycles. The Labute approximate surface area is 83.5 Å². The number of hydrogen-bond donors (Lipinski definition) is 3. The van der Waals surface area contributed by atoms with E-state index in [0.29, 0.717) is 0 Å². The van der Waals surface area contributed by atoms with Gasteiger partial charge in [-0.2, -0.15) is 0 Å². The van der Waals surface area contributed by atoms with Crippen molar-refractivity contribution in [1.82, 2.24) is 0 Å². The fourth-order valence-electron chi connectivity index (χ4n) is 0.852. The first kappa shape index (κ1) is 11.2. The Bertz CT molecular complexity index is 365. The minimum absolute atomic E-state index is 0.340. The molecule has 1 aromatic rings. The third kappa shape index (κ3) is 2.79. The molecule has 0 bridgehead atoms. The van der Waals surface area contributed by atoms with Crippen molar-refractivity contribution in [3.63, 3.8) is 0 Å². The van der Waals surface area contributed by atoms with Gasteiger partial charge in [-0.05, 0) is 6.07 Å². The van der Waals surface area contributed by atoms with Gasteiger partial charge in [-0.25, -0.2) is 9.59 Å². The maximum Gasteiger partial charge on any atom is 0.375 e. The fourth-order valence-corrected chi connectivity index (χ4v) is 0.852. The van der Waals surface area contributed by atoms with Crippen molar-refractivity contribution in [2.75, 3.05) is 6.61 Å². The number of carboxylic acid groups (broad SMARTS) is 1. The van der Waals surface area contributed by atoms with E-state index in [2.05, 4.69) is 9.15 Å². The Morgan fingerprint density at radius 3 is 2.67 bits per heavy atom. The predicted molar refractivity (Wildman–Crippen MR) is 44.2 cm³/mol. The van der Waals surface area contributed by atoms with Gasteiger partial charge in [0, 0.05) is 0 Å². The number of esters is 1. The molecule has 0 unspecified atom stereocenters. The molecule has 0 atom stereocenters. The summed E-state index contributed by atoms with van der Waals surface area (Å²) in [5.41, 5.74) is -0.340. The van der Waals surface area contributed by atoms with Gasteiger partial charge in [-0.3, -0.25) is 0 Å². The molecule has 0 aliphatic rings. The van der Waals surface area contributed by atoms with Crippen LogP contribution in [0.1, 0.15) is 20.9 Å². The van der Waals surface area contributed by atoms with Crippen LogP contribution < -0.4 is 0 Å². The lowest BCUT2D eigenvalue weighted by Crippen LogP contribution is -2.18. The van der Waals surface area contributed by atoms with E-state index in [1.165, 1.54) is 0 Å². The molecule has 1 heterocycles. The summed E-state index contributed by atoms with van der Waals surface area (Å²) in [7, 11) is 0. The van der Waals surface area contributed by atoms with Crippen LogP contribution in [-0.4, -0.2) is 40.2 Å². The molecule has 0 aliphatic carbocycles. The van der Waals surface area contributed by atoms with Gasteiger partial charge in [-0.1, -0.05) is 0 Å². The molecule has 3 N–H and O–H groups in total. The van der Waals surface area contributed by atoms with E-state index in [4.69, 9.17) is 15.3 Å². The Morgan fingerprint density at radius 2 is 2.13 bits per heavy atom. The molecule has 0 spiro atoms. The SMILES string of the molecule is O=C(O)c1ccoc1C(=O)OCC(O)O. The van der Waals surface area contributed by atoms with Crippen LogP contribution in [0.2, 0.25) is 0 Å². The molecule has 0 aromatic carbocycles. The number of rotatable bonds is 4. The molecule has 0 radical (unpaired) electrons. The van der Waals surface area contributed by atoms with Gasteiger partial charge in [0.25, 0.3) is 0 Å². The fraction of sp³-hybridized carbons (Fsp3) is 0.250. The molecule has 1 rings (SSSR count). The van der Waals surface area contributed by atoms with Gasteiger partial charge >= 0.3 is 11.9 Å². The van der Waals surface area contributed by atoms with Crippen LogP contribution in [0.5, 0.6) is 0 Å². The van der Waals surface area contributed by atoms with E-state index in [0.717, 1.165) is 12.3 Å². The minimum Gasteiger partial charge on any atom is -0.478 e. The summed E-state index contributed by atoms with van der Waals surface area (Å²) < 4.78 is 8.94. The zero-order valence-corrected chi connectivity index (χ0v) is 7.41. The Balaban J connectivity index is 2.73. The summed E-state index contributed by atoms with van der Waals surface area (Å²) in [6, 6.07) is 1.09. The highest BCUT2D eigenvalue weighted by Gasteiger charge is 2.22. The summed E-state index contributed by atoms with van der Waals surface area (Å²) in [4.78, 5) is 21.7. The largest absolute Gasteiger partial charge is 0.478 e. The molecule has 82 valence electrons. The van der Waals surface area contributed by atoms with E-state index >= 15 is 0 Å². The van der Waals surface area contributed by atoms with Crippen molar-refractivity contribution in [2.45, 2.75) is 6.29 Å². The molecule has 0 aliphatic heterocycles. The monoisotopic (exact) mass is 216 g/mol. The van der Waals surface area contributed by atoms with Crippen LogP contribution in [0.25, 0.3) is 0 Å². The molecule has 0 fully saturated rings. The molecule has 0 amide bonds. The summed E-state index contributed by atoms with van der Waals surface area (Å²) >= 11 is 0. The van der Waals surface area contributed by atoms with Crippen LogP contribution in [0.4, 0.5) is 0 Å². The number of furan rings is 1. The van der Waals surface area contributed by atoms with Crippen molar-refractivity contribution in [2.24, 2.45) is 0 Å². The molecule has 1 aromatic heterocycles. The third-order valence-corrected chi connectivity index (χ3v) is 1.44. The van der Waals surface area contributed by atoms with Crippen LogP contribution in [-0.2, 0) is 4.74 Å². The quantitative estimate of drug-likeness (QED) is 0.456. The number of hydrogen-bond acceptors (Lipinski definition) is 6. The lowest BCUT2D eigenvalue weighted by atomic mass is 10.2. The van der Waals surface area contributed by atoms with Crippen molar-refractivity contribution < 1.29 is 34.1 Å². The number of carbonyl (C=O) groups is 2. The zero-order chi connectivity index (χ0) is 11.4. The summed E-state index contributed by atoms with van der Waals surface area (Å²) in [5.74, 6) is -2.88. The Morgan fingerprint density at radius 1 is 1.47 bits per heavy atom. The molecule has 0 saturated carbocycles. The molecule has 15 heavy (non-hydrogen) atoms. The van der Waals surface area contributed by atoms with E-state index in [1.807, 2.05) is 0 Å². The van der Waals surface area contributed by atoms with Crippen molar-refractivity contribution in [1.29, 1.82) is 0 Å². The first-order valence-electron chi connectivity index (χ1n) is 3.86. The minimum atomic E-state index is -1.81. The number of aliphatic hydroxyl groups excluding tert-OH is 1. The highest BCUT2D eigenvalue weighted by atomic mass is 16.6. The van der Waals surface area contributed by atoms with E-state index in [9.17, 15) is 9.59 Å². The number of carboxylic acids is 1. The average molecular weight is 216 g/mol. The average Bonchev–Trinajstić information content (AvgIpc) is 2.62. The Hall–Kier alpha value is -1.86. The van der Waals surface area contributed by atoms with E-state index < -0.39 is 30.6 Å². The number of ether oxygens (including phenoxy) is 1. The second-order valence-electron chi connectivity index (χ2n) is 2.55. The second-order valence-corrected chi connectivity index (χ2v) is 2.55. The molecule has 7 heteroatoms. The second kappa shape index (κ2) is 4.58. The summed E-state index contributed by atoms with van der Waals surface area (Å²) in [5, 5.41) is 25.4. The van der Waals surface area contributed by atoms with Crippen LogP contribution in [0.15, 0.2) is 16.7 Å². The number of carbonyl (C=O) groups excluding carboxylic acids is 1. The molecule has 7 nitrogen and oxygen atoms in total. The highest BCUT2D eigenvalue weighted by Crippen LogP contribution is 2.11. The lowest BCUT2D eigenvalue weighted by molar-refractivity contribution is -0.0819. The smallest absolute Gasteiger partial charge is 0.375 e. The van der Waals surface area contributed by atoms with Gasteiger partial charge in [0.1, 0.15) is 12.2 Å². The van der Waals surface area contributed by atoms with Crippen molar-refractivity contribution in [3.05, 3.63) is 23.7 Å². The first-order chi connectivity index (χ1) is 7.02. The Kier molecular flexibility index (Phi) is 3.42. The van der Waals surface area contributed by atoms with Crippen molar-refractivity contribution in [3.8, 4) is 0 Å². The third-order valence-electron chi connectivity index (χ3n) is 1.44. The predicted octanol–water partition coefficient (Wildman–Crippen LogP) is -0.555. The van der Waals surface area contributed by atoms with Crippen LogP contribution in [0, 0.1) is 0 Å². The van der Waals surface area contributed by atoms with Gasteiger partial charge in [0.05, 0.1) is 6.26 Å². The van der Waals surface area contributed by atoms with Gasteiger partial charge in [-0.15, -0.1) is 0 Å². The first-order valence-corrected chi connectivity index (χ1v) is 3.86. The highest BCUT2D eigenvalue weighted by molar-refractivity contribution is 6.00.